The van der Waals surface area contributed by atoms with E-state index >= 15 is 0 Å². The highest BCUT2D eigenvalue weighted by atomic mass is 35.5. The number of carbonyl (C=O) groups is 1. The monoisotopic (exact) mass is 320 g/mol. The molecule has 0 atom stereocenters. The SMILES string of the molecule is Cl.O=C(NCC1=CCNCC1)c1cccc(C(F)(F)F)c1. The molecule has 2 N–H and O–H groups in total. The van der Waals surface area contributed by atoms with Gasteiger partial charge in [-0.15, -0.1) is 12.4 Å². The number of amides is 1. The van der Waals surface area contributed by atoms with Gasteiger partial charge in [-0.1, -0.05) is 17.7 Å². The van der Waals surface area contributed by atoms with E-state index in [1.165, 1.54) is 12.1 Å². The van der Waals surface area contributed by atoms with Gasteiger partial charge in [-0.25, -0.2) is 0 Å². The molecule has 0 aliphatic carbocycles. The van der Waals surface area contributed by atoms with Crippen LogP contribution in [0.3, 0.4) is 0 Å². The van der Waals surface area contributed by atoms with E-state index in [1.807, 2.05) is 6.08 Å². The molecule has 3 nitrogen and oxygen atoms in total. The van der Waals surface area contributed by atoms with Crippen molar-refractivity contribution in [2.75, 3.05) is 19.6 Å². The van der Waals surface area contributed by atoms with Gasteiger partial charge in [0.25, 0.3) is 5.91 Å². The molecule has 21 heavy (non-hydrogen) atoms. The van der Waals surface area contributed by atoms with Crippen molar-refractivity contribution in [3.8, 4) is 0 Å². The normalized spacial score (nSPS) is 14.9. The molecule has 7 heteroatoms. The van der Waals surface area contributed by atoms with Crippen molar-refractivity contribution in [1.82, 2.24) is 10.6 Å². The molecule has 0 bridgehead atoms. The predicted octanol–water partition coefficient (Wildman–Crippen LogP) is 2.78. The summed E-state index contributed by atoms with van der Waals surface area (Å²) in [4.78, 5) is 11.8. The Labute approximate surface area is 127 Å². The topological polar surface area (TPSA) is 41.1 Å². The van der Waals surface area contributed by atoms with Crippen LogP contribution in [0.2, 0.25) is 0 Å². The third-order valence-corrected chi connectivity index (χ3v) is 3.09. The van der Waals surface area contributed by atoms with Crippen LogP contribution in [0.15, 0.2) is 35.9 Å². The van der Waals surface area contributed by atoms with Crippen LogP contribution in [-0.4, -0.2) is 25.5 Å². The van der Waals surface area contributed by atoms with E-state index in [0.717, 1.165) is 37.2 Å². The maximum Gasteiger partial charge on any atom is 0.416 e. The molecule has 0 unspecified atom stereocenters. The maximum absolute atomic E-state index is 12.6. The molecule has 1 heterocycles. The Morgan fingerprint density at radius 3 is 2.71 bits per heavy atom. The summed E-state index contributed by atoms with van der Waals surface area (Å²) in [5.41, 5.74) is 0.296. The van der Waals surface area contributed by atoms with E-state index in [4.69, 9.17) is 0 Å². The molecule has 2 rings (SSSR count). The van der Waals surface area contributed by atoms with Gasteiger partial charge in [-0.3, -0.25) is 4.79 Å². The lowest BCUT2D eigenvalue weighted by molar-refractivity contribution is -0.137. The molecule has 0 fully saturated rings. The summed E-state index contributed by atoms with van der Waals surface area (Å²) in [5, 5.41) is 5.79. The van der Waals surface area contributed by atoms with Gasteiger partial charge < -0.3 is 10.6 Å². The molecule has 1 aliphatic heterocycles. The van der Waals surface area contributed by atoms with Crippen molar-refractivity contribution < 1.29 is 18.0 Å². The van der Waals surface area contributed by atoms with Crippen LogP contribution < -0.4 is 10.6 Å². The van der Waals surface area contributed by atoms with Gasteiger partial charge in [-0.05, 0) is 31.2 Å². The van der Waals surface area contributed by atoms with Crippen LogP contribution in [0, 0.1) is 0 Å². The van der Waals surface area contributed by atoms with Gasteiger partial charge in [0, 0.05) is 18.7 Å². The van der Waals surface area contributed by atoms with Crippen molar-refractivity contribution in [2.45, 2.75) is 12.6 Å². The van der Waals surface area contributed by atoms with E-state index < -0.39 is 17.6 Å². The highest BCUT2D eigenvalue weighted by Crippen LogP contribution is 2.29. The summed E-state index contributed by atoms with van der Waals surface area (Å²) in [6, 6.07) is 4.43. The van der Waals surface area contributed by atoms with Gasteiger partial charge in [0.1, 0.15) is 0 Å². The van der Waals surface area contributed by atoms with E-state index in [2.05, 4.69) is 10.6 Å². The number of hydrogen-bond donors (Lipinski definition) is 2. The first-order valence-corrected chi connectivity index (χ1v) is 6.31. The second kappa shape index (κ2) is 7.47. The molecule has 1 aliphatic rings. The lowest BCUT2D eigenvalue weighted by atomic mass is 10.1. The molecule has 1 amide bonds. The Balaban J connectivity index is 0.00000220. The fraction of sp³-hybridized carbons (Fsp3) is 0.357. The van der Waals surface area contributed by atoms with E-state index in [1.54, 1.807) is 0 Å². The highest BCUT2D eigenvalue weighted by Gasteiger charge is 2.30. The first-order valence-electron chi connectivity index (χ1n) is 6.31. The molecule has 0 saturated carbocycles. The Bertz CT molecular complexity index is 529. The third kappa shape index (κ3) is 5.06. The molecule has 116 valence electrons. The van der Waals surface area contributed by atoms with Crippen LogP contribution in [0.25, 0.3) is 0 Å². The molecule has 0 aromatic heterocycles. The van der Waals surface area contributed by atoms with E-state index in [9.17, 15) is 18.0 Å². The zero-order chi connectivity index (χ0) is 14.6. The Morgan fingerprint density at radius 1 is 1.33 bits per heavy atom. The average molecular weight is 321 g/mol. The summed E-state index contributed by atoms with van der Waals surface area (Å²) in [6.45, 7) is 1.98. The van der Waals surface area contributed by atoms with Gasteiger partial charge in [0.15, 0.2) is 0 Å². The van der Waals surface area contributed by atoms with Crippen molar-refractivity contribution in [3.63, 3.8) is 0 Å². The second-order valence-corrected chi connectivity index (χ2v) is 4.58. The van der Waals surface area contributed by atoms with Crippen LogP contribution >= 0.6 is 12.4 Å². The summed E-state index contributed by atoms with van der Waals surface area (Å²) in [6.07, 6.45) is -1.62. The predicted molar refractivity (Wildman–Crippen MR) is 76.6 cm³/mol. The molecule has 1 aromatic carbocycles. The molecule has 0 spiro atoms. The summed E-state index contributed by atoms with van der Waals surface area (Å²) >= 11 is 0. The minimum Gasteiger partial charge on any atom is -0.348 e. The molecule has 0 saturated heterocycles. The minimum absolute atomic E-state index is 0. The lowest BCUT2D eigenvalue weighted by Gasteiger charge is -2.15. The number of hydrogen-bond acceptors (Lipinski definition) is 2. The van der Waals surface area contributed by atoms with Crippen LogP contribution in [-0.2, 0) is 6.18 Å². The fourth-order valence-electron chi connectivity index (χ4n) is 1.96. The first kappa shape index (κ1) is 17.5. The van der Waals surface area contributed by atoms with E-state index in [-0.39, 0.29) is 18.0 Å². The molecule has 1 aromatic rings. The van der Waals surface area contributed by atoms with Crippen molar-refractivity contribution >= 4 is 18.3 Å². The van der Waals surface area contributed by atoms with Gasteiger partial charge in [-0.2, -0.15) is 13.2 Å². The van der Waals surface area contributed by atoms with Gasteiger partial charge in [0.05, 0.1) is 5.56 Å². The van der Waals surface area contributed by atoms with Gasteiger partial charge >= 0.3 is 6.18 Å². The Morgan fingerprint density at radius 2 is 2.10 bits per heavy atom. The summed E-state index contributed by atoms with van der Waals surface area (Å²) in [7, 11) is 0. The number of benzene rings is 1. The van der Waals surface area contributed by atoms with Crippen molar-refractivity contribution in [1.29, 1.82) is 0 Å². The number of alkyl halides is 3. The summed E-state index contributed by atoms with van der Waals surface area (Å²) < 4.78 is 37.7. The number of nitrogens with one attached hydrogen (secondary N) is 2. The first-order chi connectivity index (χ1) is 9.47. The highest BCUT2D eigenvalue weighted by molar-refractivity contribution is 5.94. The zero-order valence-electron chi connectivity index (χ0n) is 11.2. The zero-order valence-corrected chi connectivity index (χ0v) is 12.0. The molecular weight excluding hydrogens is 305 g/mol. The lowest BCUT2D eigenvalue weighted by Crippen LogP contribution is -2.29. The summed E-state index contributed by atoms with van der Waals surface area (Å²) in [5.74, 6) is -0.490. The average Bonchev–Trinajstić information content (AvgIpc) is 2.45. The van der Waals surface area contributed by atoms with Crippen LogP contribution in [0.4, 0.5) is 13.2 Å². The minimum atomic E-state index is -4.44. The largest absolute Gasteiger partial charge is 0.416 e. The van der Waals surface area contributed by atoms with E-state index in [0.29, 0.717) is 6.54 Å². The third-order valence-electron chi connectivity index (χ3n) is 3.09. The quantitative estimate of drug-likeness (QED) is 0.841. The standard InChI is InChI=1S/C14H15F3N2O.ClH/c15-14(16,17)12-3-1-2-11(8-12)13(20)19-9-10-4-6-18-7-5-10;/h1-4,8,18H,5-7,9H2,(H,19,20);1H. The number of carbonyl (C=O) groups excluding carboxylic acids is 1. The van der Waals surface area contributed by atoms with Crippen molar-refractivity contribution in [3.05, 3.63) is 47.0 Å². The second-order valence-electron chi connectivity index (χ2n) is 4.58. The van der Waals surface area contributed by atoms with Gasteiger partial charge in [0.2, 0.25) is 0 Å². The Kier molecular flexibility index (Phi) is 6.23. The number of halogens is 4. The maximum atomic E-state index is 12.6. The van der Waals surface area contributed by atoms with Crippen LogP contribution in [0.5, 0.6) is 0 Å². The molecule has 0 radical (unpaired) electrons. The fourth-order valence-corrected chi connectivity index (χ4v) is 1.96. The molecular formula is C14H16ClF3N2O. The Hall–Kier alpha value is -1.53. The van der Waals surface area contributed by atoms with Crippen LogP contribution in [0.1, 0.15) is 22.3 Å². The number of rotatable bonds is 3. The smallest absolute Gasteiger partial charge is 0.348 e. The van der Waals surface area contributed by atoms with Crippen molar-refractivity contribution in [2.24, 2.45) is 0 Å².